The second kappa shape index (κ2) is 5.53. The van der Waals surface area contributed by atoms with E-state index < -0.39 is 30.2 Å². The SMILES string of the molecule is NC(CCC(=O)O)C(O)C(O)C(=O)O. The van der Waals surface area contributed by atoms with Gasteiger partial charge in [0.05, 0.1) is 0 Å². The first kappa shape index (κ1) is 12.8. The van der Waals surface area contributed by atoms with E-state index in [9.17, 15) is 9.59 Å². The zero-order chi connectivity index (χ0) is 11.3. The van der Waals surface area contributed by atoms with Crippen molar-refractivity contribution in [3.63, 3.8) is 0 Å². The van der Waals surface area contributed by atoms with Gasteiger partial charge in [0.15, 0.2) is 6.10 Å². The second-order valence-corrected chi connectivity index (χ2v) is 2.87. The van der Waals surface area contributed by atoms with E-state index in [-0.39, 0.29) is 12.8 Å². The summed E-state index contributed by atoms with van der Waals surface area (Å²) in [4.78, 5) is 20.3. The highest BCUT2D eigenvalue weighted by molar-refractivity contribution is 5.72. The molecule has 0 fully saturated rings. The van der Waals surface area contributed by atoms with Crippen LogP contribution in [0.3, 0.4) is 0 Å². The van der Waals surface area contributed by atoms with E-state index in [1.165, 1.54) is 0 Å². The molecule has 0 saturated heterocycles. The third kappa shape index (κ3) is 4.17. The lowest BCUT2D eigenvalue weighted by molar-refractivity contribution is -0.153. The van der Waals surface area contributed by atoms with Gasteiger partial charge in [0.25, 0.3) is 0 Å². The maximum atomic E-state index is 10.2. The Hall–Kier alpha value is -1.18. The maximum absolute atomic E-state index is 10.2. The number of rotatable bonds is 6. The molecule has 7 heteroatoms. The average Bonchev–Trinajstić information content (AvgIpc) is 2.11. The predicted octanol–water partition coefficient (Wildman–Crippen LogP) is -2.02. The van der Waals surface area contributed by atoms with Crippen molar-refractivity contribution in [2.75, 3.05) is 0 Å². The molecule has 7 nitrogen and oxygen atoms in total. The zero-order valence-electron chi connectivity index (χ0n) is 7.33. The van der Waals surface area contributed by atoms with E-state index in [1.807, 2.05) is 0 Å². The fourth-order valence-corrected chi connectivity index (χ4v) is 0.841. The monoisotopic (exact) mass is 207 g/mol. The fourth-order valence-electron chi connectivity index (χ4n) is 0.841. The molecular weight excluding hydrogens is 194 g/mol. The van der Waals surface area contributed by atoms with Gasteiger partial charge < -0.3 is 26.2 Å². The van der Waals surface area contributed by atoms with Gasteiger partial charge in [-0.05, 0) is 6.42 Å². The Morgan fingerprint density at radius 1 is 1.21 bits per heavy atom. The van der Waals surface area contributed by atoms with Crippen LogP contribution in [0.5, 0.6) is 0 Å². The summed E-state index contributed by atoms with van der Waals surface area (Å²) in [6, 6.07) is -1.07. The summed E-state index contributed by atoms with van der Waals surface area (Å²) in [6.45, 7) is 0. The largest absolute Gasteiger partial charge is 0.481 e. The molecular formula is C7H13NO6. The Morgan fingerprint density at radius 2 is 1.71 bits per heavy atom. The molecule has 0 bridgehead atoms. The number of carbonyl (C=O) groups is 2. The van der Waals surface area contributed by atoms with E-state index in [1.54, 1.807) is 0 Å². The summed E-state index contributed by atoms with van der Waals surface area (Å²) in [6.07, 6.45) is -4.03. The summed E-state index contributed by atoms with van der Waals surface area (Å²) in [7, 11) is 0. The van der Waals surface area contributed by atoms with E-state index in [0.717, 1.165) is 0 Å². The molecule has 0 aliphatic rings. The molecule has 0 aromatic carbocycles. The van der Waals surface area contributed by atoms with Gasteiger partial charge in [-0.25, -0.2) is 4.79 Å². The molecule has 0 saturated carbocycles. The summed E-state index contributed by atoms with van der Waals surface area (Å²) in [5, 5.41) is 34.5. The lowest BCUT2D eigenvalue weighted by atomic mass is 10.0. The molecule has 3 atom stereocenters. The molecule has 6 N–H and O–H groups in total. The van der Waals surface area contributed by atoms with Crippen LogP contribution in [-0.2, 0) is 9.59 Å². The summed E-state index contributed by atoms with van der Waals surface area (Å²) < 4.78 is 0. The van der Waals surface area contributed by atoms with Crippen molar-refractivity contribution in [3.05, 3.63) is 0 Å². The van der Waals surface area contributed by atoms with E-state index in [2.05, 4.69) is 0 Å². The van der Waals surface area contributed by atoms with Crippen LogP contribution in [0.1, 0.15) is 12.8 Å². The highest BCUT2D eigenvalue weighted by Crippen LogP contribution is 2.04. The van der Waals surface area contributed by atoms with Crippen molar-refractivity contribution in [1.29, 1.82) is 0 Å². The van der Waals surface area contributed by atoms with Gasteiger partial charge in [-0.15, -0.1) is 0 Å². The average molecular weight is 207 g/mol. The van der Waals surface area contributed by atoms with Crippen molar-refractivity contribution in [2.24, 2.45) is 5.73 Å². The number of aliphatic hydroxyl groups is 2. The number of hydrogen-bond acceptors (Lipinski definition) is 5. The van der Waals surface area contributed by atoms with Crippen LogP contribution < -0.4 is 5.73 Å². The lowest BCUT2D eigenvalue weighted by Crippen LogP contribution is -2.46. The summed E-state index contributed by atoms with van der Waals surface area (Å²) in [5.74, 6) is -2.69. The first-order chi connectivity index (χ1) is 6.36. The third-order valence-corrected chi connectivity index (χ3v) is 1.71. The van der Waals surface area contributed by atoms with E-state index in [0.29, 0.717) is 0 Å². The first-order valence-corrected chi connectivity index (χ1v) is 3.92. The molecule has 0 heterocycles. The van der Waals surface area contributed by atoms with Gasteiger partial charge >= 0.3 is 11.9 Å². The number of aliphatic hydroxyl groups excluding tert-OH is 2. The molecule has 0 spiro atoms. The normalized spacial score (nSPS) is 17.1. The zero-order valence-corrected chi connectivity index (χ0v) is 7.33. The molecule has 0 aliphatic heterocycles. The highest BCUT2D eigenvalue weighted by atomic mass is 16.4. The van der Waals surface area contributed by atoms with Crippen LogP contribution in [0, 0.1) is 0 Å². The molecule has 0 aromatic heterocycles. The van der Waals surface area contributed by atoms with Gasteiger partial charge in [0.2, 0.25) is 0 Å². The minimum Gasteiger partial charge on any atom is -0.481 e. The molecule has 0 amide bonds. The van der Waals surface area contributed by atoms with Crippen molar-refractivity contribution in [1.82, 2.24) is 0 Å². The van der Waals surface area contributed by atoms with Crippen molar-refractivity contribution < 1.29 is 30.0 Å². The quantitative estimate of drug-likeness (QED) is 0.338. The van der Waals surface area contributed by atoms with Crippen LogP contribution in [0.2, 0.25) is 0 Å². The number of aliphatic carboxylic acids is 2. The van der Waals surface area contributed by atoms with Crippen molar-refractivity contribution in [2.45, 2.75) is 31.1 Å². The molecule has 0 radical (unpaired) electrons. The Bertz CT molecular complexity index is 218. The minimum absolute atomic E-state index is 0.0964. The Labute approximate surface area is 79.8 Å². The topological polar surface area (TPSA) is 141 Å². The number of carboxylic acids is 2. The molecule has 0 aromatic rings. The Balaban J connectivity index is 4.04. The van der Waals surface area contributed by atoms with Gasteiger partial charge in [0, 0.05) is 12.5 Å². The van der Waals surface area contributed by atoms with Crippen molar-refractivity contribution >= 4 is 11.9 Å². The molecule has 3 unspecified atom stereocenters. The van der Waals surface area contributed by atoms with Crippen LogP contribution in [0.15, 0.2) is 0 Å². The van der Waals surface area contributed by atoms with E-state index >= 15 is 0 Å². The first-order valence-electron chi connectivity index (χ1n) is 3.92. The maximum Gasteiger partial charge on any atom is 0.335 e. The van der Waals surface area contributed by atoms with E-state index in [4.69, 9.17) is 26.2 Å². The second-order valence-electron chi connectivity index (χ2n) is 2.87. The van der Waals surface area contributed by atoms with Crippen LogP contribution in [0.4, 0.5) is 0 Å². The van der Waals surface area contributed by atoms with Crippen molar-refractivity contribution in [3.8, 4) is 0 Å². The number of nitrogens with two attached hydrogens (primary N) is 1. The molecule has 82 valence electrons. The Kier molecular flexibility index (Phi) is 5.06. The number of carboxylic acid groups (broad SMARTS) is 2. The summed E-state index contributed by atoms with van der Waals surface area (Å²) in [5.41, 5.74) is 5.27. The van der Waals surface area contributed by atoms with Gasteiger partial charge in [-0.2, -0.15) is 0 Å². The van der Waals surface area contributed by atoms with Gasteiger partial charge in [-0.3, -0.25) is 4.79 Å². The fraction of sp³-hybridized carbons (Fsp3) is 0.714. The van der Waals surface area contributed by atoms with Gasteiger partial charge in [-0.1, -0.05) is 0 Å². The lowest BCUT2D eigenvalue weighted by Gasteiger charge is -2.20. The van der Waals surface area contributed by atoms with Crippen LogP contribution in [0.25, 0.3) is 0 Å². The Morgan fingerprint density at radius 3 is 2.07 bits per heavy atom. The summed E-state index contributed by atoms with van der Waals surface area (Å²) >= 11 is 0. The highest BCUT2D eigenvalue weighted by Gasteiger charge is 2.28. The molecule has 14 heavy (non-hydrogen) atoms. The minimum atomic E-state index is -1.99. The predicted molar refractivity (Wildman–Crippen MR) is 44.5 cm³/mol. The van der Waals surface area contributed by atoms with Crippen LogP contribution >= 0.6 is 0 Å². The van der Waals surface area contributed by atoms with Crippen LogP contribution in [-0.4, -0.2) is 50.6 Å². The van der Waals surface area contributed by atoms with Gasteiger partial charge in [0.1, 0.15) is 6.10 Å². The third-order valence-electron chi connectivity index (χ3n) is 1.71. The smallest absolute Gasteiger partial charge is 0.335 e. The molecule has 0 rings (SSSR count). The standard InChI is InChI=1S/C7H13NO6/c8-3(1-2-4(9)10)5(11)6(12)7(13)14/h3,5-6,11-12H,1-2,8H2,(H,9,10)(H,13,14). The number of hydrogen-bond donors (Lipinski definition) is 5. The molecule has 0 aliphatic carbocycles.